The van der Waals surface area contributed by atoms with Crippen LogP contribution in [0.4, 0.5) is 11.6 Å². The Balaban J connectivity index is 1.91. The highest BCUT2D eigenvalue weighted by atomic mass is 15.1. The van der Waals surface area contributed by atoms with Crippen molar-refractivity contribution in [2.45, 2.75) is 19.4 Å². The zero-order chi connectivity index (χ0) is 12.5. The molecule has 0 amide bonds. The topological polar surface area (TPSA) is 63.8 Å². The number of anilines is 2. The van der Waals surface area contributed by atoms with Gasteiger partial charge in [-0.1, -0.05) is 37.3 Å². The summed E-state index contributed by atoms with van der Waals surface area (Å²) in [5.74, 6) is 2.71. The highest BCUT2D eigenvalue weighted by Gasteiger charge is 2.32. The van der Waals surface area contributed by atoms with Crippen LogP contribution in [-0.2, 0) is 0 Å². The van der Waals surface area contributed by atoms with Gasteiger partial charge in [0, 0.05) is 17.7 Å². The van der Waals surface area contributed by atoms with Crippen molar-refractivity contribution >= 4 is 11.6 Å². The number of hydrogen-bond acceptors (Lipinski definition) is 4. The van der Waals surface area contributed by atoms with Gasteiger partial charge in [-0.3, -0.25) is 0 Å². The van der Waals surface area contributed by atoms with E-state index in [0.717, 1.165) is 17.3 Å². The van der Waals surface area contributed by atoms with Gasteiger partial charge in [-0.05, 0) is 12.3 Å². The van der Waals surface area contributed by atoms with Crippen LogP contribution in [0.1, 0.15) is 13.3 Å². The van der Waals surface area contributed by atoms with Gasteiger partial charge >= 0.3 is 0 Å². The van der Waals surface area contributed by atoms with Gasteiger partial charge in [0.15, 0.2) is 5.82 Å². The van der Waals surface area contributed by atoms with Crippen molar-refractivity contribution in [3.63, 3.8) is 0 Å². The van der Waals surface area contributed by atoms with E-state index in [-0.39, 0.29) is 0 Å². The lowest BCUT2D eigenvalue weighted by molar-refractivity contribution is 0.922. The molecule has 1 saturated carbocycles. The summed E-state index contributed by atoms with van der Waals surface area (Å²) in [5, 5.41) is 3.39. The molecule has 1 aliphatic carbocycles. The van der Waals surface area contributed by atoms with E-state index >= 15 is 0 Å². The van der Waals surface area contributed by atoms with E-state index in [1.165, 1.54) is 6.42 Å². The number of benzene rings is 1. The van der Waals surface area contributed by atoms with Crippen LogP contribution in [-0.4, -0.2) is 16.0 Å². The Morgan fingerprint density at radius 3 is 2.61 bits per heavy atom. The van der Waals surface area contributed by atoms with E-state index in [4.69, 9.17) is 5.73 Å². The molecular weight excluding hydrogens is 224 g/mol. The first-order valence-electron chi connectivity index (χ1n) is 6.19. The molecule has 3 rings (SSSR count). The zero-order valence-corrected chi connectivity index (χ0v) is 10.3. The summed E-state index contributed by atoms with van der Waals surface area (Å²) < 4.78 is 0. The Kier molecular flexibility index (Phi) is 2.63. The minimum atomic E-state index is 0.500. The van der Waals surface area contributed by atoms with Crippen molar-refractivity contribution in [3.05, 3.63) is 36.4 Å². The zero-order valence-electron chi connectivity index (χ0n) is 10.3. The molecule has 1 aromatic carbocycles. The maximum Gasteiger partial charge on any atom is 0.163 e. The number of nitrogens with zero attached hydrogens (tertiary/aromatic N) is 2. The summed E-state index contributed by atoms with van der Waals surface area (Å²) in [6.45, 7) is 2.22. The molecule has 4 nitrogen and oxygen atoms in total. The number of rotatable bonds is 3. The first-order valence-corrected chi connectivity index (χ1v) is 6.19. The van der Waals surface area contributed by atoms with Crippen LogP contribution in [0, 0.1) is 5.92 Å². The third-order valence-electron chi connectivity index (χ3n) is 3.22. The molecule has 1 aromatic heterocycles. The molecule has 4 heteroatoms. The first-order chi connectivity index (χ1) is 8.72. The fraction of sp³-hybridized carbons (Fsp3) is 0.286. The third-order valence-corrected chi connectivity index (χ3v) is 3.22. The van der Waals surface area contributed by atoms with Crippen molar-refractivity contribution in [2.24, 2.45) is 5.92 Å². The van der Waals surface area contributed by atoms with Crippen LogP contribution < -0.4 is 11.1 Å². The molecule has 2 aromatic rings. The van der Waals surface area contributed by atoms with Gasteiger partial charge in [-0.2, -0.15) is 0 Å². The highest BCUT2D eigenvalue weighted by molar-refractivity contribution is 5.60. The van der Waals surface area contributed by atoms with Crippen LogP contribution in [0.2, 0.25) is 0 Å². The molecular formula is C14H16N4. The molecule has 0 spiro atoms. The molecule has 0 saturated heterocycles. The van der Waals surface area contributed by atoms with Crippen molar-refractivity contribution in [1.29, 1.82) is 0 Å². The van der Waals surface area contributed by atoms with Crippen LogP contribution in [0.15, 0.2) is 36.4 Å². The minimum Gasteiger partial charge on any atom is -0.384 e. The van der Waals surface area contributed by atoms with Crippen LogP contribution >= 0.6 is 0 Å². The molecule has 1 fully saturated rings. The number of hydrogen-bond donors (Lipinski definition) is 2. The summed E-state index contributed by atoms with van der Waals surface area (Å²) in [5.41, 5.74) is 6.82. The first kappa shape index (κ1) is 11.0. The number of nitrogen functional groups attached to an aromatic ring is 1. The summed E-state index contributed by atoms with van der Waals surface area (Å²) in [4.78, 5) is 8.79. The molecule has 18 heavy (non-hydrogen) atoms. The Morgan fingerprint density at radius 2 is 1.94 bits per heavy atom. The lowest BCUT2D eigenvalue weighted by Gasteiger charge is -2.07. The van der Waals surface area contributed by atoms with E-state index < -0.39 is 0 Å². The average Bonchev–Trinajstić information content (AvgIpc) is 3.05. The summed E-state index contributed by atoms with van der Waals surface area (Å²) in [6.07, 6.45) is 1.20. The predicted molar refractivity (Wildman–Crippen MR) is 73.1 cm³/mol. The van der Waals surface area contributed by atoms with Gasteiger partial charge in [0.05, 0.1) is 0 Å². The van der Waals surface area contributed by atoms with Crippen molar-refractivity contribution < 1.29 is 0 Å². The molecule has 1 aliphatic rings. The van der Waals surface area contributed by atoms with Crippen molar-refractivity contribution in [2.75, 3.05) is 11.1 Å². The monoisotopic (exact) mass is 240 g/mol. The van der Waals surface area contributed by atoms with Gasteiger partial charge < -0.3 is 11.1 Å². The van der Waals surface area contributed by atoms with Crippen molar-refractivity contribution in [1.82, 2.24) is 9.97 Å². The maximum absolute atomic E-state index is 5.84. The highest BCUT2D eigenvalue weighted by Crippen LogP contribution is 2.32. The van der Waals surface area contributed by atoms with Crippen LogP contribution in [0.25, 0.3) is 11.4 Å². The normalized spacial score (nSPS) is 21.6. The Labute approximate surface area is 106 Å². The van der Waals surface area contributed by atoms with Gasteiger partial charge in [-0.25, -0.2) is 9.97 Å². The standard InChI is InChI=1S/C14H16N4/c1-9-7-11(9)16-13-8-12(15)17-14(18-13)10-5-3-2-4-6-10/h2-6,8-9,11H,7H2,1H3,(H3,15,16,17,18). The van der Waals surface area contributed by atoms with Crippen LogP contribution in [0.3, 0.4) is 0 Å². The second-order valence-corrected chi connectivity index (χ2v) is 4.83. The van der Waals surface area contributed by atoms with E-state index in [0.29, 0.717) is 17.7 Å². The smallest absolute Gasteiger partial charge is 0.163 e. The van der Waals surface area contributed by atoms with Crippen LogP contribution in [0.5, 0.6) is 0 Å². The van der Waals surface area contributed by atoms with Gasteiger partial charge in [-0.15, -0.1) is 0 Å². The molecule has 3 N–H and O–H groups in total. The van der Waals surface area contributed by atoms with Gasteiger partial charge in [0.25, 0.3) is 0 Å². The third kappa shape index (κ3) is 2.27. The minimum absolute atomic E-state index is 0.500. The van der Waals surface area contributed by atoms with E-state index in [9.17, 15) is 0 Å². The number of nitrogens with two attached hydrogens (primary N) is 1. The fourth-order valence-corrected chi connectivity index (χ4v) is 1.97. The molecule has 1 heterocycles. The molecule has 2 unspecified atom stereocenters. The van der Waals surface area contributed by atoms with E-state index in [1.54, 1.807) is 6.07 Å². The molecule has 0 aliphatic heterocycles. The predicted octanol–water partition coefficient (Wildman–Crippen LogP) is 2.55. The van der Waals surface area contributed by atoms with E-state index in [2.05, 4.69) is 22.2 Å². The Hall–Kier alpha value is -2.10. The lowest BCUT2D eigenvalue weighted by Crippen LogP contribution is -2.07. The van der Waals surface area contributed by atoms with Gasteiger partial charge in [0.1, 0.15) is 11.6 Å². The van der Waals surface area contributed by atoms with Crippen molar-refractivity contribution in [3.8, 4) is 11.4 Å². The molecule has 0 radical (unpaired) electrons. The fourth-order valence-electron chi connectivity index (χ4n) is 1.97. The van der Waals surface area contributed by atoms with Gasteiger partial charge in [0.2, 0.25) is 0 Å². The summed E-state index contributed by atoms with van der Waals surface area (Å²) >= 11 is 0. The Morgan fingerprint density at radius 1 is 1.22 bits per heavy atom. The molecule has 2 atom stereocenters. The summed E-state index contributed by atoms with van der Waals surface area (Å²) in [7, 11) is 0. The Bertz CT molecular complexity index is 553. The quantitative estimate of drug-likeness (QED) is 0.865. The largest absolute Gasteiger partial charge is 0.384 e. The summed E-state index contributed by atoms with van der Waals surface area (Å²) in [6, 6.07) is 12.2. The number of aromatic nitrogens is 2. The second kappa shape index (κ2) is 4.29. The number of nitrogens with one attached hydrogen (secondary N) is 1. The van der Waals surface area contributed by atoms with E-state index in [1.807, 2.05) is 30.3 Å². The lowest BCUT2D eigenvalue weighted by atomic mass is 10.2. The average molecular weight is 240 g/mol. The SMILES string of the molecule is CC1CC1Nc1cc(N)nc(-c2ccccc2)n1. The molecule has 0 bridgehead atoms. The second-order valence-electron chi connectivity index (χ2n) is 4.83. The maximum atomic E-state index is 5.84. The molecule has 92 valence electrons.